The standard InChI is InChI=1S/C7H6BrF2NO/c8-5-3-4(1-2-11-5)6(12)7(9)10/h1-3,6-7,12H/t6-/m0/s1. The number of rotatable bonds is 2. The first-order valence-electron chi connectivity index (χ1n) is 3.19. The molecule has 0 radical (unpaired) electrons. The van der Waals surface area contributed by atoms with Crippen molar-refractivity contribution < 1.29 is 13.9 Å². The molecule has 5 heteroatoms. The van der Waals surface area contributed by atoms with Crippen LogP contribution >= 0.6 is 15.9 Å². The van der Waals surface area contributed by atoms with Crippen LogP contribution in [0.5, 0.6) is 0 Å². The lowest BCUT2D eigenvalue weighted by Crippen LogP contribution is -2.07. The monoisotopic (exact) mass is 237 g/mol. The van der Waals surface area contributed by atoms with Crippen LogP contribution in [0.4, 0.5) is 8.78 Å². The van der Waals surface area contributed by atoms with Crippen molar-refractivity contribution >= 4 is 15.9 Å². The van der Waals surface area contributed by atoms with Crippen molar-refractivity contribution in [3.05, 3.63) is 28.5 Å². The van der Waals surface area contributed by atoms with Crippen LogP contribution in [0.3, 0.4) is 0 Å². The predicted molar refractivity (Wildman–Crippen MR) is 42.9 cm³/mol. The third-order valence-electron chi connectivity index (χ3n) is 1.33. The quantitative estimate of drug-likeness (QED) is 0.800. The summed E-state index contributed by atoms with van der Waals surface area (Å²) in [6.45, 7) is 0. The molecule has 1 aromatic heterocycles. The minimum atomic E-state index is -2.76. The summed E-state index contributed by atoms with van der Waals surface area (Å²) >= 11 is 3.01. The van der Waals surface area contributed by atoms with Crippen molar-refractivity contribution in [1.82, 2.24) is 4.98 Å². The second-order valence-corrected chi connectivity index (χ2v) is 3.00. The van der Waals surface area contributed by atoms with Crippen molar-refractivity contribution in [3.8, 4) is 0 Å². The number of pyridine rings is 1. The van der Waals surface area contributed by atoms with E-state index in [-0.39, 0.29) is 5.56 Å². The van der Waals surface area contributed by atoms with E-state index in [0.29, 0.717) is 4.60 Å². The molecule has 1 rings (SSSR count). The Balaban J connectivity index is 2.88. The van der Waals surface area contributed by atoms with Crippen LogP contribution in [0.2, 0.25) is 0 Å². The lowest BCUT2D eigenvalue weighted by atomic mass is 10.1. The van der Waals surface area contributed by atoms with Gasteiger partial charge in [-0.1, -0.05) is 0 Å². The molecule has 0 saturated carbocycles. The van der Waals surface area contributed by atoms with E-state index in [1.807, 2.05) is 0 Å². The second kappa shape index (κ2) is 3.91. The molecule has 0 amide bonds. The van der Waals surface area contributed by atoms with Crippen LogP contribution < -0.4 is 0 Å². The Morgan fingerprint density at radius 2 is 2.17 bits per heavy atom. The van der Waals surface area contributed by atoms with Gasteiger partial charge in [-0.15, -0.1) is 0 Å². The molecule has 0 unspecified atom stereocenters. The van der Waals surface area contributed by atoms with Crippen molar-refractivity contribution in [1.29, 1.82) is 0 Å². The zero-order valence-electron chi connectivity index (χ0n) is 5.92. The van der Waals surface area contributed by atoms with Crippen molar-refractivity contribution in [2.45, 2.75) is 12.5 Å². The summed E-state index contributed by atoms with van der Waals surface area (Å²) in [5.74, 6) is 0. The van der Waals surface area contributed by atoms with Gasteiger partial charge in [0.2, 0.25) is 0 Å². The van der Waals surface area contributed by atoms with Gasteiger partial charge in [0, 0.05) is 6.20 Å². The Hall–Kier alpha value is -0.550. The number of halogens is 3. The van der Waals surface area contributed by atoms with E-state index in [1.165, 1.54) is 18.3 Å². The summed E-state index contributed by atoms with van der Waals surface area (Å²) in [6.07, 6.45) is -3.14. The summed E-state index contributed by atoms with van der Waals surface area (Å²) in [5, 5.41) is 8.92. The van der Waals surface area contributed by atoms with Gasteiger partial charge < -0.3 is 5.11 Å². The van der Waals surface area contributed by atoms with E-state index in [4.69, 9.17) is 5.11 Å². The molecule has 0 aliphatic rings. The lowest BCUT2D eigenvalue weighted by Gasteiger charge is -2.08. The van der Waals surface area contributed by atoms with E-state index in [0.717, 1.165) is 0 Å². The summed E-state index contributed by atoms with van der Waals surface area (Å²) in [6, 6.07) is 2.71. The van der Waals surface area contributed by atoms with Crippen LogP contribution in [0.1, 0.15) is 11.7 Å². The minimum absolute atomic E-state index is 0.159. The Morgan fingerprint density at radius 1 is 1.50 bits per heavy atom. The van der Waals surface area contributed by atoms with Crippen molar-refractivity contribution in [3.63, 3.8) is 0 Å². The third kappa shape index (κ3) is 2.22. The second-order valence-electron chi connectivity index (χ2n) is 2.19. The van der Waals surface area contributed by atoms with E-state index in [9.17, 15) is 8.78 Å². The highest BCUT2D eigenvalue weighted by Gasteiger charge is 2.18. The molecule has 66 valence electrons. The van der Waals surface area contributed by atoms with E-state index in [2.05, 4.69) is 20.9 Å². The van der Waals surface area contributed by atoms with E-state index >= 15 is 0 Å². The number of nitrogens with zero attached hydrogens (tertiary/aromatic N) is 1. The van der Waals surface area contributed by atoms with Crippen LogP contribution in [-0.2, 0) is 0 Å². The van der Waals surface area contributed by atoms with Gasteiger partial charge in [0.15, 0.2) is 0 Å². The molecular formula is C7H6BrF2NO. The maximum atomic E-state index is 12.0. The zero-order valence-corrected chi connectivity index (χ0v) is 7.50. The fourth-order valence-corrected chi connectivity index (χ4v) is 1.13. The smallest absolute Gasteiger partial charge is 0.268 e. The number of aliphatic hydroxyl groups excluding tert-OH is 1. The van der Waals surface area contributed by atoms with Gasteiger partial charge in [0.1, 0.15) is 10.7 Å². The van der Waals surface area contributed by atoms with Gasteiger partial charge in [-0.05, 0) is 33.6 Å². The molecule has 0 saturated heterocycles. The maximum Gasteiger partial charge on any atom is 0.268 e. The highest BCUT2D eigenvalue weighted by atomic mass is 79.9. The molecule has 0 aliphatic heterocycles. The molecule has 0 aliphatic carbocycles. The first-order valence-corrected chi connectivity index (χ1v) is 3.98. The SMILES string of the molecule is O[C@@H](c1ccnc(Br)c1)C(F)F. The summed E-state index contributed by atoms with van der Waals surface area (Å²) in [5.41, 5.74) is 0.159. The molecule has 12 heavy (non-hydrogen) atoms. The summed E-state index contributed by atoms with van der Waals surface area (Å²) in [4.78, 5) is 3.74. The predicted octanol–water partition coefficient (Wildman–Crippen LogP) is 2.14. The average Bonchev–Trinajstić information content (AvgIpc) is 2.03. The number of aromatic nitrogens is 1. The van der Waals surface area contributed by atoms with Crippen molar-refractivity contribution in [2.24, 2.45) is 0 Å². The van der Waals surface area contributed by atoms with Crippen molar-refractivity contribution in [2.75, 3.05) is 0 Å². The normalized spacial score (nSPS) is 13.4. The molecule has 0 spiro atoms. The number of hydrogen-bond donors (Lipinski definition) is 1. The van der Waals surface area contributed by atoms with E-state index in [1.54, 1.807) is 0 Å². The van der Waals surface area contributed by atoms with Crippen LogP contribution in [0.15, 0.2) is 22.9 Å². The molecule has 0 aromatic carbocycles. The fourth-order valence-electron chi connectivity index (χ4n) is 0.747. The summed E-state index contributed by atoms with van der Waals surface area (Å²) in [7, 11) is 0. The van der Waals surface area contributed by atoms with Crippen LogP contribution in [-0.4, -0.2) is 16.5 Å². The molecular weight excluding hydrogens is 232 g/mol. The molecule has 2 nitrogen and oxygen atoms in total. The van der Waals surface area contributed by atoms with Gasteiger partial charge in [0.25, 0.3) is 6.43 Å². The van der Waals surface area contributed by atoms with Gasteiger partial charge >= 0.3 is 0 Å². The molecule has 1 heterocycles. The first-order chi connectivity index (χ1) is 5.61. The highest BCUT2D eigenvalue weighted by molar-refractivity contribution is 9.10. The third-order valence-corrected chi connectivity index (χ3v) is 1.76. The summed E-state index contributed by atoms with van der Waals surface area (Å²) < 4.78 is 24.4. The Morgan fingerprint density at radius 3 is 2.67 bits per heavy atom. The zero-order chi connectivity index (χ0) is 9.14. The van der Waals surface area contributed by atoms with E-state index < -0.39 is 12.5 Å². The maximum absolute atomic E-state index is 12.0. The Kier molecular flexibility index (Phi) is 3.11. The number of hydrogen-bond acceptors (Lipinski definition) is 2. The molecule has 0 fully saturated rings. The lowest BCUT2D eigenvalue weighted by molar-refractivity contribution is -0.00585. The average molecular weight is 238 g/mol. The Bertz CT molecular complexity index is 269. The van der Waals surface area contributed by atoms with Gasteiger partial charge in [-0.2, -0.15) is 0 Å². The van der Waals surface area contributed by atoms with Gasteiger partial charge in [-0.25, -0.2) is 13.8 Å². The van der Waals surface area contributed by atoms with Crippen LogP contribution in [0, 0.1) is 0 Å². The molecule has 1 atom stereocenters. The largest absolute Gasteiger partial charge is 0.382 e. The Labute approximate surface area is 76.4 Å². The van der Waals surface area contributed by atoms with Gasteiger partial charge in [0.05, 0.1) is 0 Å². The number of alkyl halides is 2. The highest BCUT2D eigenvalue weighted by Crippen LogP contribution is 2.21. The minimum Gasteiger partial charge on any atom is -0.382 e. The fraction of sp³-hybridized carbons (Fsp3) is 0.286. The van der Waals surface area contributed by atoms with Gasteiger partial charge in [-0.3, -0.25) is 0 Å². The molecule has 1 aromatic rings. The van der Waals surface area contributed by atoms with Crippen LogP contribution in [0.25, 0.3) is 0 Å². The molecule has 1 N–H and O–H groups in total. The molecule has 0 bridgehead atoms. The number of aliphatic hydroxyl groups is 1. The topological polar surface area (TPSA) is 33.1 Å². The first kappa shape index (κ1) is 9.54.